The molecule has 2 aromatic rings. The van der Waals surface area contributed by atoms with Gasteiger partial charge in [-0.3, -0.25) is 14.5 Å². The fourth-order valence-corrected chi connectivity index (χ4v) is 5.50. The van der Waals surface area contributed by atoms with E-state index >= 15 is 0 Å². The number of aliphatic imine (C=N–C) groups is 1. The first-order chi connectivity index (χ1) is 15.5. The van der Waals surface area contributed by atoms with E-state index in [0.717, 1.165) is 30.6 Å². The van der Waals surface area contributed by atoms with E-state index in [1.165, 1.54) is 41.5 Å². The van der Waals surface area contributed by atoms with Crippen molar-refractivity contribution in [3.63, 3.8) is 0 Å². The number of carbonyl (C=O) groups is 2. The lowest BCUT2D eigenvalue weighted by molar-refractivity contribution is -0.119. The number of benzene rings is 1. The Morgan fingerprint density at radius 3 is 2.84 bits per heavy atom. The van der Waals surface area contributed by atoms with Crippen LogP contribution in [0.1, 0.15) is 37.0 Å². The van der Waals surface area contributed by atoms with Crippen LogP contribution in [0.15, 0.2) is 46.4 Å². The van der Waals surface area contributed by atoms with E-state index in [4.69, 9.17) is 16.3 Å². The first-order valence-electron chi connectivity index (χ1n) is 10.5. The average Bonchev–Trinajstić information content (AvgIpc) is 3.41. The molecule has 4 rings (SSSR count). The number of rotatable bonds is 6. The standard InChI is InChI=1S/C23H24ClN3O3S2/c1-30-20-10-9-16(12-18(20)24)27-22(29)19(13-17-8-5-11-31-17)26-23(27)32-14-21(28)25-15-6-3-2-4-7-15/h5,8-13,15H,2-4,6-7,14H2,1H3,(H,25,28)/b19-13+. The summed E-state index contributed by atoms with van der Waals surface area (Å²) in [5.41, 5.74) is 0.906. The molecule has 0 atom stereocenters. The Hall–Kier alpha value is -2.29. The van der Waals surface area contributed by atoms with Crippen LogP contribution < -0.4 is 15.0 Å². The minimum absolute atomic E-state index is 0.0413. The Morgan fingerprint density at radius 1 is 1.34 bits per heavy atom. The summed E-state index contributed by atoms with van der Waals surface area (Å²) in [5, 5.41) is 5.91. The molecule has 1 aromatic carbocycles. The molecular formula is C23H24ClN3O3S2. The number of methoxy groups -OCH3 is 1. The number of thiophene rings is 1. The minimum atomic E-state index is -0.255. The van der Waals surface area contributed by atoms with Crippen LogP contribution >= 0.6 is 34.7 Å². The predicted octanol–water partition coefficient (Wildman–Crippen LogP) is 5.34. The minimum Gasteiger partial charge on any atom is -0.495 e. The number of thioether (sulfide) groups is 1. The summed E-state index contributed by atoms with van der Waals surface area (Å²) in [5.74, 6) is 0.416. The lowest BCUT2D eigenvalue weighted by atomic mass is 9.95. The number of carbonyl (C=O) groups excluding carboxylic acids is 2. The van der Waals surface area contributed by atoms with Crippen LogP contribution in [-0.4, -0.2) is 35.9 Å². The number of hydrogen-bond acceptors (Lipinski definition) is 6. The van der Waals surface area contributed by atoms with Crippen molar-refractivity contribution in [2.45, 2.75) is 38.1 Å². The van der Waals surface area contributed by atoms with Gasteiger partial charge in [-0.2, -0.15) is 0 Å². The average molecular weight is 490 g/mol. The molecule has 1 saturated carbocycles. The maximum Gasteiger partial charge on any atom is 0.283 e. The number of hydrogen-bond donors (Lipinski definition) is 1. The molecule has 2 aliphatic rings. The lowest BCUT2D eigenvalue weighted by Gasteiger charge is -2.23. The first kappa shape index (κ1) is 22.9. The zero-order valence-electron chi connectivity index (χ0n) is 17.7. The first-order valence-corrected chi connectivity index (χ1v) is 12.7. The molecule has 0 unspecified atom stereocenters. The van der Waals surface area contributed by atoms with Crippen molar-refractivity contribution in [1.82, 2.24) is 5.32 Å². The molecule has 0 bridgehead atoms. The summed E-state index contributed by atoms with van der Waals surface area (Å²) in [4.78, 5) is 32.8. The van der Waals surface area contributed by atoms with Crippen molar-refractivity contribution in [3.8, 4) is 5.75 Å². The van der Waals surface area contributed by atoms with Gasteiger partial charge in [0.1, 0.15) is 11.4 Å². The molecular weight excluding hydrogens is 466 g/mol. The maximum atomic E-state index is 13.2. The topological polar surface area (TPSA) is 71.0 Å². The summed E-state index contributed by atoms with van der Waals surface area (Å²) < 4.78 is 5.22. The number of halogens is 1. The Labute approximate surface area is 200 Å². The van der Waals surface area contributed by atoms with Crippen molar-refractivity contribution < 1.29 is 14.3 Å². The van der Waals surface area contributed by atoms with Gasteiger partial charge in [0.15, 0.2) is 5.17 Å². The quantitative estimate of drug-likeness (QED) is 0.556. The second-order valence-corrected chi connectivity index (χ2v) is 9.92. The monoisotopic (exact) mass is 489 g/mol. The summed E-state index contributed by atoms with van der Waals surface area (Å²) in [6.07, 6.45) is 7.37. The van der Waals surface area contributed by atoms with Gasteiger partial charge in [-0.25, -0.2) is 4.99 Å². The third-order valence-electron chi connectivity index (χ3n) is 5.35. The summed E-state index contributed by atoms with van der Waals surface area (Å²) in [6.45, 7) is 0. The van der Waals surface area contributed by atoms with Crippen LogP contribution in [0.2, 0.25) is 5.02 Å². The molecule has 1 fully saturated rings. The summed E-state index contributed by atoms with van der Waals surface area (Å²) >= 11 is 9.09. The Balaban J connectivity index is 1.54. The molecule has 0 saturated heterocycles. The smallest absolute Gasteiger partial charge is 0.283 e. The Kier molecular flexibility index (Phi) is 7.55. The number of nitrogens with one attached hydrogen (secondary N) is 1. The third-order valence-corrected chi connectivity index (χ3v) is 7.40. The molecule has 1 aliphatic carbocycles. The second-order valence-electron chi connectivity index (χ2n) is 7.59. The summed E-state index contributed by atoms with van der Waals surface area (Å²) in [7, 11) is 1.54. The highest BCUT2D eigenvalue weighted by Gasteiger charge is 2.33. The van der Waals surface area contributed by atoms with Crippen molar-refractivity contribution in [2.24, 2.45) is 4.99 Å². The number of amidine groups is 1. The SMILES string of the molecule is COc1ccc(N2C(=O)/C(=C\c3cccs3)N=C2SCC(=O)NC2CCCCC2)cc1Cl. The van der Waals surface area contributed by atoms with E-state index in [2.05, 4.69) is 10.3 Å². The molecule has 6 nitrogen and oxygen atoms in total. The molecule has 1 aliphatic heterocycles. The van der Waals surface area contributed by atoms with Gasteiger partial charge >= 0.3 is 0 Å². The largest absolute Gasteiger partial charge is 0.495 e. The zero-order chi connectivity index (χ0) is 22.5. The molecule has 9 heteroatoms. The van der Waals surface area contributed by atoms with E-state index in [-0.39, 0.29) is 23.6 Å². The molecule has 1 N–H and O–H groups in total. The normalized spacial score (nSPS) is 18.2. The van der Waals surface area contributed by atoms with Gasteiger partial charge in [-0.15, -0.1) is 11.3 Å². The van der Waals surface area contributed by atoms with Crippen LogP contribution in [0.4, 0.5) is 5.69 Å². The van der Waals surface area contributed by atoms with Crippen LogP contribution in [0.5, 0.6) is 5.75 Å². The van der Waals surface area contributed by atoms with Gasteiger partial charge in [-0.05, 0) is 48.6 Å². The Bertz CT molecular complexity index is 1050. The molecule has 32 heavy (non-hydrogen) atoms. The van der Waals surface area contributed by atoms with E-state index < -0.39 is 0 Å². The molecule has 0 radical (unpaired) electrons. The van der Waals surface area contributed by atoms with E-state index in [0.29, 0.717) is 27.3 Å². The highest BCUT2D eigenvalue weighted by Crippen LogP contribution is 2.34. The predicted molar refractivity (Wildman–Crippen MR) is 133 cm³/mol. The third kappa shape index (κ3) is 5.36. The number of nitrogens with zero attached hydrogens (tertiary/aromatic N) is 2. The van der Waals surface area contributed by atoms with Gasteiger partial charge in [0.25, 0.3) is 5.91 Å². The molecule has 168 valence electrons. The maximum absolute atomic E-state index is 13.2. The number of anilines is 1. The molecule has 2 amide bonds. The summed E-state index contributed by atoms with van der Waals surface area (Å²) in [6, 6.07) is 9.24. The van der Waals surface area contributed by atoms with Gasteiger partial charge in [0.2, 0.25) is 5.91 Å². The fraction of sp³-hybridized carbons (Fsp3) is 0.348. The van der Waals surface area contributed by atoms with Crippen molar-refractivity contribution >= 4 is 63.4 Å². The van der Waals surface area contributed by atoms with Crippen molar-refractivity contribution in [3.05, 3.63) is 51.3 Å². The molecule has 0 spiro atoms. The van der Waals surface area contributed by atoms with Gasteiger partial charge < -0.3 is 10.1 Å². The van der Waals surface area contributed by atoms with Gasteiger partial charge in [-0.1, -0.05) is 48.7 Å². The number of amides is 2. The molecule has 1 aromatic heterocycles. The lowest BCUT2D eigenvalue weighted by Crippen LogP contribution is -2.38. The van der Waals surface area contributed by atoms with Crippen LogP contribution in [0, 0.1) is 0 Å². The van der Waals surface area contributed by atoms with E-state index in [9.17, 15) is 9.59 Å². The van der Waals surface area contributed by atoms with Gasteiger partial charge in [0.05, 0.1) is 23.6 Å². The van der Waals surface area contributed by atoms with Gasteiger partial charge in [0, 0.05) is 10.9 Å². The van der Waals surface area contributed by atoms with Crippen LogP contribution in [0.25, 0.3) is 6.08 Å². The van der Waals surface area contributed by atoms with Crippen LogP contribution in [0.3, 0.4) is 0 Å². The highest BCUT2D eigenvalue weighted by atomic mass is 35.5. The zero-order valence-corrected chi connectivity index (χ0v) is 20.1. The van der Waals surface area contributed by atoms with Crippen molar-refractivity contribution in [2.75, 3.05) is 17.8 Å². The molecule has 2 heterocycles. The fourth-order valence-electron chi connectivity index (χ4n) is 3.77. The second kappa shape index (κ2) is 10.6. The van der Waals surface area contributed by atoms with E-state index in [1.807, 2.05) is 17.5 Å². The highest BCUT2D eigenvalue weighted by molar-refractivity contribution is 8.14. The van der Waals surface area contributed by atoms with Crippen LogP contribution in [-0.2, 0) is 9.59 Å². The van der Waals surface area contributed by atoms with Crippen molar-refractivity contribution in [1.29, 1.82) is 0 Å². The van der Waals surface area contributed by atoms with E-state index in [1.54, 1.807) is 24.3 Å². The number of ether oxygens (including phenoxy) is 1. The Morgan fingerprint density at radius 2 is 2.16 bits per heavy atom.